The molecule has 1 atom stereocenters. The number of carbonyl (C=O) groups excluding carboxylic acids is 1. The third-order valence-corrected chi connectivity index (χ3v) is 3.53. The molecule has 2 aromatic carbocycles. The molecule has 0 aliphatic heterocycles. The van der Waals surface area contributed by atoms with Crippen molar-refractivity contribution in [2.75, 3.05) is 20.1 Å². The zero-order chi connectivity index (χ0) is 14.4. The average Bonchev–Trinajstić information content (AvgIpc) is 2.47. The zero-order valence-electron chi connectivity index (χ0n) is 12.6. The molecule has 21 heavy (non-hydrogen) atoms. The van der Waals surface area contributed by atoms with Crippen LogP contribution in [0, 0.1) is 5.92 Å². The Kier molecular flexibility index (Phi) is 7.20. The van der Waals surface area contributed by atoms with E-state index < -0.39 is 0 Å². The predicted octanol–water partition coefficient (Wildman–Crippen LogP) is 2.78. The molecule has 0 fully saturated rings. The predicted molar refractivity (Wildman–Crippen MR) is 91.0 cm³/mol. The second-order valence-corrected chi connectivity index (χ2v) is 5.14. The van der Waals surface area contributed by atoms with Gasteiger partial charge in [0.25, 0.3) is 0 Å². The van der Waals surface area contributed by atoms with Crippen LogP contribution in [0.2, 0.25) is 0 Å². The summed E-state index contributed by atoms with van der Waals surface area (Å²) in [6.07, 6.45) is 0.860. The van der Waals surface area contributed by atoms with Crippen LogP contribution < -0.4 is 10.6 Å². The van der Waals surface area contributed by atoms with Crippen LogP contribution in [-0.2, 0) is 11.2 Å². The number of amides is 1. The molecule has 0 heterocycles. The molecule has 0 aliphatic carbocycles. The molecular weight excluding hydrogens is 284 g/mol. The fourth-order valence-electron chi connectivity index (χ4n) is 2.40. The third kappa shape index (κ3) is 4.73. The van der Waals surface area contributed by atoms with E-state index in [2.05, 4.69) is 47.0 Å². The molecule has 3 nitrogen and oxygen atoms in total. The number of fused-ring (bicyclic) bond motifs is 1. The first-order valence-corrected chi connectivity index (χ1v) is 7.11. The van der Waals surface area contributed by atoms with E-state index in [0.29, 0.717) is 13.1 Å². The molecule has 2 rings (SSSR count). The lowest BCUT2D eigenvalue weighted by molar-refractivity contribution is -0.124. The maximum absolute atomic E-state index is 11.8. The Morgan fingerprint density at radius 3 is 2.62 bits per heavy atom. The van der Waals surface area contributed by atoms with E-state index in [4.69, 9.17) is 0 Å². The maximum Gasteiger partial charge on any atom is 0.224 e. The summed E-state index contributed by atoms with van der Waals surface area (Å²) in [4.78, 5) is 11.8. The molecule has 4 heteroatoms. The highest BCUT2D eigenvalue weighted by molar-refractivity contribution is 5.86. The van der Waals surface area contributed by atoms with E-state index >= 15 is 0 Å². The molecule has 0 saturated carbocycles. The van der Waals surface area contributed by atoms with Gasteiger partial charge in [0.05, 0.1) is 0 Å². The molecule has 2 N–H and O–H groups in total. The van der Waals surface area contributed by atoms with Gasteiger partial charge in [-0.3, -0.25) is 4.79 Å². The summed E-state index contributed by atoms with van der Waals surface area (Å²) in [7, 11) is 1.86. The van der Waals surface area contributed by atoms with Crippen LogP contribution in [0.3, 0.4) is 0 Å². The van der Waals surface area contributed by atoms with Crippen molar-refractivity contribution in [1.29, 1.82) is 0 Å². The van der Waals surface area contributed by atoms with Crippen molar-refractivity contribution < 1.29 is 4.79 Å². The summed E-state index contributed by atoms with van der Waals surface area (Å²) >= 11 is 0. The quantitative estimate of drug-likeness (QED) is 0.861. The van der Waals surface area contributed by atoms with Crippen molar-refractivity contribution in [3.63, 3.8) is 0 Å². The lowest BCUT2D eigenvalue weighted by atomic mass is 10.0. The van der Waals surface area contributed by atoms with Gasteiger partial charge in [0.2, 0.25) is 5.91 Å². The fraction of sp³-hybridized carbons (Fsp3) is 0.353. The summed E-state index contributed by atoms with van der Waals surface area (Å²) < 4.78 is 0. The first-order chi connectivity index (χ1) is 9.72. The highest BCUT2D eigenvalue weighted by atomic mass is 35.5. The summed E-state index contributed by atoms with van der Waals surface area (Å²) in [5, 5.41) is 8.54. The minimum absolute atomic E-state index is 0. The van der Waals surface area contributed by atoms with Gasteiger partial charge < -0.3 is 10.6 Å². The summed E-state index contributed by atoms with van der Waals surface area (Å²) in [6, 6.07) is 14.7. The van der Waals surface area contributed by atoms with E-state index in [9.17, 15) is 4.79 Å². The Bertz CT molecular complexity index is 581. The maximum atomic E-state index is 11.8. The molecular formula is C17H23ClN2O. The van der Waals surface area contributed by atoms with Gasteiger partial charge in [0.15, 0.2) is 0 Å². The number of hydrogen-bond donors (Lipinski definition) is 2. The molecule has 0 spiro atoms. The standard InChI is InChI=1S/C17H22N2O.ClH/c1-13(12-18-2)17(20)19-11-10-15-8-5-7-14-6-3-4-9-16(14)15;/h3-9,13,18H,10-12H2,1-2H3,(H,19,20);1H. The van der Waals surface area contributed by atoms with E-state index in [1.807, 2.05) is 20.0 Å². The van der Waals surface area contributed by atoms with Gasteiger partial charge in [-0.15, -0.1) is 12.4 Å². The molecule has 114 valence electrons. The summed E-state index contributed by atoms with van der Waals surface area (Å²) in [6.45, 7) is 3.32. The highest BCUT2D eigenvalue weighted by Crippen LogP contribution is 2.18. The van der Waals surface area contributed by atoms with Crippen LogP contribution in [0.25, 0.3) is 10.8 Å². The lowest BCUT2D eigenvalue weighted by Crippen LogP contribution is -2.35. The number of halogens is 1. The minimum Gasteiger partial charge on any atom is -0.355 e. The van der Waals surface area contributed by atoms with Gasteiger partial charge in [-0.25, -0.2) is 0 Å². The van der Waals surface area contributed by atoms with E-state index in [1.54, 1.807) is 0 Å². The monoisotopic (exact) mass is 306 g/mol. The van der Waals surface area contributed by atoms with Gasteiger partial charge in [-0.1, -0.05) is 49.4 Å². The van der Waals surface area contributed by atoms with E-state index in [-0.39, 0.29) is 24.2 Å². The van der Waals surface area contributed by atoms with Crippen LogP contribution in [0.4, 0.5) is 0 Å². The molecule has 2 aromatic rings. The van der Waals surface area contributed by atoms with Gasteiger partial charge in [-0.2, -0.15) is 0 Å². The van der Waals surface area contributed by atoms with Crippen molar-refractivity contribution in [3.05, 3.63) is 48.0 Å². The van der Waals surface area contributed by atoms with Crippen LogP contribution in [0.15, 0.2) is 42.5 Å². The second kappa shape index (κ2) is 8.65. The first-order valence-electron chi connectivity index (χ1n) is 7.11. The van der Waals surface area contributed by atoms with Crippen LogP contribution in [0.5, 0.6) is 0 Å². The van der Waals surface area contributed by atoms with Crippen LogP contribution in [-0.4, -0.2) is 26.0 Å². The van der Waals surface area contributed by atoms with Crippen molar-refractivity contribution in [1.82, 2.24) is 10.6 Å². The Hall–Kier alpha value is -1.58. The van der Waals surface area contributed by atoms with Gasteiger partial charge in [0, 0.05) is 19.0 Å². The second-order valence-electron chi connectivity index (χ2n) is 5.14. The lowest BCUT2D eigenvalue weighted by Gasteiger charge is -2.12. The molecule has 0 aromatic heterocycles. The molecule has 0 bridgehead atoms. The largest absolute Gasteiger partial charge is 0.355 e. The molecule has 1 unspecified atom stereocenters. The van der Waals surface area contributed by atoms with Crippen molar-refractivity contribution in [2.45, 2.75) is 13.3 Å². The van der Waals surface area contributed by atoms with Gasteiger partial charge >= 0.3 is 0 Å². The SMILES string of the molecule is CNCC(C)C(=O)NCCc1cccc2ccccc12.Cl. The number of benzene rings is 2. The number of nitrogens with one attached hydrogen (secondary N) is 2. The average molecular weight is 307 g/mol. The minimum atomic E-state index is 0. The van der Waals surface area contributed by atoms with Crippen molar-refractivity contribution in [2.24, 2.45) is 5.92 Å². The van der Waals surface area contributed by atoms with Gasteiger partial charge in [-0.05, 0) is 29.8 Å². The number of hydrogen-bond acceptors (Lipinski definition) is 2. The van der Waals surface area contributed by atoms with Crippen LogP contribution in [0.1, 0.15) is 12.5 Å². The van der Waals surface area contributed by atoms with Crippen molar-refractivity contribution >= 4 is 29.1 Å². The molecule has 0 aliphatic rings. The molecule has 0 radical (unpaired) electrons. The number of carbonyl (C=O) groups is 1. The smallest absolute Gasteiger partial charge is 0.224 e. The van der Waals surface area contributed by atoms with Gasteiger partial charge in [0.1, 0.15) is 0 Å². The van der Waals surface area contributed by atoms with E-state index in [0.717, 1.165) is 6.42 Å². The fourth-order valence-corrected chi connectivity index (χ4v) is 2.40. The topological polar surface area (TPSA) is 41.1 Å². The van der Waals surface area contributed by atoms with Crippen LogP contribution >= 0.6 is 12.4 Å². The summed E-state index contributed by atoms with van der Waals surface area (Å²) in [5.74, 6) is 0.118. The molecule has 0 saturated heterocycles. The zero-order valence-corrected chi connectivity index (χ0v) is 13.4. The number of rotatable bonds is 6. The van der Waals surface area contributed by atoms with Crippen molar-refractivity contribution in [3.8, 4) is 0 Å². The first kappa shape index (κ1) is 17.5. The Morgan fingerprint density at radius 2 is 1.86 bits per heavy atom. The molecule has 1 amide bonds. The Labute approximate surface area is 132 Å². The Morgan fingerprint density at radius 1 is 1.14 bits per heavy atom. The normalized spacial score (nSPS) is 11.7. The summed E-state index contributed by atoms with van der Waals surface area (Å²) in [5.41, 5.74) is 1.28. The highest BCUT2D eigenvalue weighted by Gasteiger charge is 2.10. The third-order valence-electron chi connectivity index (χ3n) is 3.53. The Balaban J connectivity index is 0.00000220. The van der Waals surface area contributed by atoms with E-state index in [1.165, 1.54) is 16.3 Å².